The van der Waals surface area contributed by atoms with Crippen LogP contribution in [0.2, 0.25) is 0 Å². The summed E-state index contributed by atoms with van der Waals surface area (Å²) >= 11 is 0. The van der Waals surface area contributed by atoms with E-state index in [1.54, 1.807) is 31.4 Å². The minimum atomic E-state index is -3.50. The lowest BCUT2D eigenvalue weighted by Crippen LogP contribution is -2.28. The highest BCUT2D eigenvalue weighted by molar-refractivity contribution is 7.89. The van der Waals surface area contributed by atoms with Crippen LogP contribution in [0.5, 0.6) is 5.75 Å². The van der Waals surface area contributed by atoms with Gasteiger partial charge in [0.05, 0.1) is 18.4 Å². The Hall–Kier alpha value is -2.38. The largest absolute Gasteiger partial charge is 0.497 e. The van der Waals surface area contributed by atoms with Gasteiger partial charge in [-0.15, -0.1) is 0 Å². The fourth-order valence-electron chi connectivity index (χ4n) is 2.98. The number of rotatable bonds is 6. The third-order valence-electron chi connectivity index (χ3n) is 4.32. The first-order valence-corrected chi connectivity index (χ1v) is 9.96. The van der Waals surface area contributed by atoms with Crippen molar-refractivity contribution in [1.82, 2.24) is 4.31 Å². The summed E-state index contributed by atoms with van der Waals surface area (Å²) in [5.74, 6) is 0.475. The number of methoxy groups -OCH3 is 1. The van der Waals surface area contributed by atoms with E-state index in [0.717, 1.165) is 18.4 Å². The smallest absolute Gasteiger partial charge is 0.243 e. The van der Waals surface area contributed by atoms with Crippen LogP contribution in [0.15, 0.2) is 53.4 Å². The number of sulfonamides is 1. The molecule has 1 N–H and O–H groups in total. The molecule has 2 aromatic carbocycles. The van der Waals surface area contributed by atoms with Crippen LogP contribution in [-0.4, -0.2) is 38.8 Å². The van der Waals surface area contributed by atoms with Gasteiger partial charge in [-0.05, 0) is 48.7 Å². The van der Waals surface area contributed by atoms with Gasteiger partial charge in [0, 0.05) is 18.8 Å². The Labute approximate surface area is 153 Å². The summed E-state index contributed by atoms with van der Waals surface area (Å²) in [4.78, 5) is 12.5. The molecule has 1 fully saturated rings. The molecule has 1 aliphatic heterocycles. The Bertz CT molecular complexity index is 890. The predicted molar refractivity (Wildman–Crippen MR) is 99.8 cm³/mol. The van der Waals surface area contributed by atoms with Gasteiger partial charge in [-0.3, -0.25) is 4.79 Å². The van der Waals surface area contributed by atoms with Crippen LogP contribution >= 0.6 is 0 Å². The average molecular weight is 374 g/mol. The molecule has 26 heavy (non-hydrogen) atoms. The molecule has 1 aliphatic rings. The number of hydrogen-bond donors (Lipinski definition) is 1. The van der Waals surface area contributed by atoms with E-state index in [2.05, 4.69) is 5.32 Å². The summed E-state index contributed by atoms with van der Waals surface area (Å²) in [6.07, 6.45) is 1.95. The highest BCUT2D eigenvalue weighted by Gasteiger charge is 2.27. The molecule has 0 aliphatic carbocycles. The molecule has 138 valence electrons. The standard InChI is InChI=1S/C19H22N2O4S/c1-25-17-8-4-6-15(12-17)13-19(22)20-16-7-5-9-18(14-16)26(23,24)21-10-2-3-11-21/h4-9,12,14H,2-3,10-11,13H2,1H3,(H,20,22). The fraction of sp³-hybridized carbons (Fsp3) is 0.316. The number of anilines is 1. The van der Waals surface area contributed by atoms with Crippen molar-refractivity contribution >= 4 is 21.6 Å². The second-order valence-corrected chi connectivity index (χ2v) is 8.15. The third kappa shape index (κ3) is 4.23. The van der Waals surface area contributed by atoms with Crippen LogP contribution < -0.4 is 10.1 Å². The first-order chi connectivity index (χ1) is 12.5. The molecule has 7 heteroatoms. The van der Waals surface area contributed by atoms with E-state index in [4.69, 9.17) is 4.74 Å². The summed E-state index contributed by atoms with van der Waals surface area (Å²) < 4.78 is 31.9. The minimum Gasteiger partial charge on any atom is -0.497 e. The van der Waals surface area contributed by atoms with E-state index in [1.807, 2.05) is 18.2 Å². The van der Waals surface area contributed by atoms with E-state index in [-0.39, 0.29) is 17.2 Å². The van der Waals surface area contributed by atoms with Crippen LogP contribution in [0.4, 0.5) is 5.69 Å². The van der Waals surface area contributed by atoms with Crippen LogP contribution in [0.3, 0.4) is 0 Å². The van der Waals surface area contributed by atoms with Gasteiger partial charge in [-0.2, -0.15) is 4.31 Å². The van der Waals surface area contributed by atoms with Gasteiger partial charge < -0.3 is 10.1 Å². The second-order valence-electron chi connectivity index (χ2n) is 6.22. The third-order valence-corrected chi connectivity index (χ3v) is 6.21. The van der Waals surface area contributed by atoms with Gasteiger partial charge in [0.2, 0.25) is 15.9 Å². The SMILES string of the molecule is COc1cccc(CC(=O)Nc2cccc(S(=O)(=O)N3CCCC3)c2)c1. The van der Waals surface area contributed by atoms with Crippen molar-refractivity contribution in [3.63, 3.8) is 0 Å². The highest BCUT2D eigenvalue weighted by Crippen LogP contribution is 2.23. The topological polar surface area (TPSA) is 75.7 Å². The number of nitrogens with one attached hydrogen (secondary N) is 1. The van der Waals surface area contributed by atoms with Crippen molar-refractivity contribution in [3.05, 3.63) is 54.1 Å². The first kappa shape index (κ1) is 18.4. The summed E-state index contributed by atoms with van der Waals surface area (Å²) in [6, 6.07) is 13.7. The molecule has 1 amide bonds. The van der Waals surface area contributed by atoms with Crippen molar-refractivity contribution < 1.29 is 17.9 Å². The molecular formula is C19H22N2O4S. The fourth-order valence-corrected chi connectivity index (χ4v) is 4.55. The lowest BCUT2D eigenvalue weighted by atomic mass is 10.1. The predicted octanol–water partition coefficient (Wildman–Crippen LogP) is 2.66. The zero-order chi connectivity index (χ0) is 18.6. The quantitative estimate of drug-likeness (QED) is 0.843. The molecule has 0 bridgehead atoms. The van der Waals surface area contributed by atoms with Crippen molar-refractivity contribution in [2.24, 2.45) is 0 Å². The Morgan fingerprint density at radius 2 is 1.85 bits per heavy atom. The normalized spacial score (nSPS) is 15.0. The van der Waals surface area contributed by atoms with Gasteiger partial charge >= 0.3 is 0 Å². The molecule has 0 aromatic heterocycles. The average Bonchev–Trinajstić information content (AvgIpc) is 3.17. The molecule has 0 radical (unpaired) electrons. The van der Waals surface area contributed by atoms with Gasteiger partial charge in [-0.1, -0.05) is 18.2 Å². The molecule has 2 aromatic rings. The number of amides is 1. The highest BCUT2D eigenvalue weighted by atomic mass is 32.2. The van der Waals surface area contributed by atoms with E-state index in [9.17, 15) is 13.2 Å². The summed E-state index contributed by atoms with van der Waals surface area (Å²) in [7, 11) is -1.92. The zero-order valence-electron chi connectivity index (χ0n) is 14.6. The Balaban J connectivity index is 1.71. The van der Waals surface area contributed by atoms with Crippen molar-refractivity contribution in [2.45, 2.75) is 24.2 Å². The number of carbonyl (C=O) groups excluding carboxylic acids is 1. The molecule has 1 saturated heterocycles. The number of benzene rings is 2. The monoisotopic (exact) mass is 374 g/mol. The lowest BCUT2D eigenvalue weighted by molar-refractivity contribution is -0.115. The number of carbonyl (C=O) groups is 1. The van der Waals surface area contributed by atoms with Gasteiger partial charge in [0.25, 0.3) is 0 Å². The van der Waals surface area contributed by atoms with E-state index in [1.165, 1.54) is 10.4 Å². The summed E-state index contributed by atoms with van der Waals surface area (Å²) in [5.41, 5.74) is 1.29. The van der Waals surface area contributed by atoms with E-state index in [0.29, 0.717) is 24.5 Å². The molecule has 1 heterocycles. The van der Waals surface area contributed by atoms with E-state index >= 15 is 0 Å². The van der Waals surface area contributed by atoms with Crippen molar-refractivity contribution in [2.75, 3.05) is 25.5 Å². The maximum Gasteiger partial charge on any atom is 0.243 e. The van der Waals surface area contributed by atoms with Crippen LogP contribution in [-0.2, 0) is 21.2 Å². The van der Waals surface area contributed by atoms with Gasteiger partial charge in [0.1, 0.15) is 5.75 Å². The maximum absolute atomic E-state index is 12.6. The molecule has 0 saturated carbocycles. The van der Waals surface area contributed by atoms with Gasteiger partial charge in [0.15, 0.2) is 0 Å². The van der Waals surface area contributed by atoms with Crippen molar-refractivity contribution in [3.8, 4) is 5.75 Å². The first-order valence-electron chi connectivity index (χ1n) is 8.52. The Morgan fingerprint density at radius 1 is 1.12 bits per heavy atom. The summed E-state index contributed by atoms with van der Waals surface area (Å²) in [6.45, 7) is 1.10. The molecule has 6 nitrogen and oxygen atoms in total. The Morgan fingerprint density at radius 3 is 2.58 bits per heavy atom. The molecule has 3 rings (SSSR count). The number of ether oxygens (including phenoxy) is 1. The van der Waals surface area contributed by atoms with Crippen molar-refractivity contribution in [1.29, 1.82) is 0 Å². The molecule has 0 atom stereocenters. The molecular weight excluding hydrogens is 352 g/mol. The maximum atomic E-state index is 12.6. The van der Waals surface area contributed by atoms with Crippen LogP contribution in [0, 0.1) is 0 Å². The van der Waals surface area contributed by atoms with E-state index < -0.39 is 10.0 Å². The summed E-state index contributed by atoms with van der Waals surface area (Å²) in [5, 5.41) is 2.77. The second kappa shape index (κ2) is 7.88. The van der Waals surface area contributed by atoms with Crippen LogP contribution in [0.25, 0.3) is 0 Å². The number of nitrogens with zero attached hydrogens (tertiary/aromatic N) is 1. The lowest BCUT2D eigenvalue weighted by Gasteiger charge is -2.16. The zero-order valence-corrected chi connectivity index (χ0v) is 15.5. The minimum absolute atomic E-state index is 0.181. The van der Waals surface area contributed by atoms with Gasteiger partial charge in [-0.25, -0.2) is 8.42 Å². The molecule has 0 unspecified atom stereocenters. The van der Waals surface area contributed by atoms with Crippen LogP contribution in [0.1, 0.15) is 18.4 Å². The Kier molecular flexibility index (Phi) is 5.58. The molecule has 0 spiro atoms. The number of hydrogen-bond acceptors (Lipinski definition) is 4.